The number of hydrogen-bond donors (Lipinski definition) is 1. The third-order valence-corrected chi connectivity index (χ3v) is 6.92. The van der Waals surface area contributed by atoms with E-state index in [0.717, 1.165) is 54.8 Å². The fraction of sp³-hybridized carbons (Fsp3) is 0.424. The predicted octanol–water partition coefficient (Wildman–Crippen LogP) is 11.7. The predicted molar refractivity (Wildman–Crippen MR) is 167 cm³/mol. The van der Waals surface area contributed by atoms with Crippen LogP contribution in [-0.4, -0.2) is 11.3 Å². The molecule has 2 aromatic carbocycles. The van der Waals surface area contributed by atoms with Crippen LogP contribution in [0.3, 0.4) is 0 Å². The van der Waals surface area contributed by atoms with Gasteiger partial charge in [-0.3, -0.25) is 4.99 Å². The summed E-state index contributed by atoms with van der Waals surface area (Å²) in [5.41, 5.74) is 7.00. The topological polar surface area (TPSA) is 32.6 Å². The third-order valence-electron chi connectivity index (χ3n) is 6.45. The number of unbranched alkanes of at least 4 members (excludes halogenated alkanes) is 1. The SMILES string of the molecule is CCCC/C(=C(/C)C(C)c1ccc(Cl)cc1O)c1cc(Cl)ccc1CCC.C\C=C(F)/C=N/C(C)=C/CC. The molecule has 2 rings (SSSR count). The van der Waals surface area contributed by atoms with Crippen LogP contribution in [0, 0.1) is 0 Å². The van der Waals surface area contributed by atoms with Crippen LogP contribution in [0.1, 0.15) is 103 Å². The zero-order valence-corrected chi connectivity index (χ0v) is 25.6. The molecule has 0 saturated heterocycles. The van der Waals surface area contributed by atoms with E-state index < -0.39 is 0 Å². The molecule has 0 heterocycles. The second-order valence-electron chi connectivity index (χ2n) is 9.43. The molecule has 5 heteroatoms. The molecule has 38 heavy (non-hydrogen) atoms. The Morgan fingerprint density at radius 1 is 1.03 bits per heavy atom. The highest BCUT2D eigenvalue weighted by Crippen LogP contribution is 2.39. The van der Waals surface area contributed by atoms with E-state index in [4.69, 9.17) is 23.2 Å². The fourth-order valence-corrected chi connectivity index (χ4v) is 4.52. The summed E-state index contributed by atoms with van der Waals surface area (Å²) >= 11 is 12.4. The maximum absolute atomic E-state index is 12.4. The Labute approximate surface area is 240 Å². The van der Waals surface area contributed by atoms with Crippen molar-refractivity contribution in [1.29, 1.82) is 0 Å². The minimum absolute atomic E-state index is 0.0996. The molecule has 0 aromatic heterocycles. The Morgan fingerprint density at radius 3 is 2.26 bits per heavy atom. The van der Waals surface area contributed by atoms with E-state index in [-0.39, 0.29) is 17.5 Å². The summed E-state index contributed by atoms with van der Waals surface area (Å²) in [6, 6.07) is 11.6. The number of nitrogens with zero attached hydrogens (tertiary/aromatic N) is 1. The normalized spacial score (nSPS) is 13.7. The number of halogens is 3. The van der Waals surface area contributed by atoms with Crippen molar-refractivity contribution in [2.45, 2.75) is 92.9 Å². The van der Waals surface area contributed by atoms with Gasteiger partial charge in [-0.05, 0) is 87.4 Å². The lowest BCUT2D eigenvalue weighted by Gasteiger charge is -2.22. The van der Waals surface area contributed by atoms with Crippen molar-refractivity contribution in [1.82, 2.24) is 0 Å². The monoisotopic (exact) mass is 559 g/mol. The van der Waals surface area contributed by atoms with Gasteiger partial charge in [-0.25, -0.2) is 4.39 Å². The van der Waals surface area contributed by atoms with Gasteiger partial charge in [0.25, 0.3) is 0 Å². The summed E-state index contributed by atoms with van der Waals surface area (Å²) in [5, 5.41) is 11.7. The second-order valence-corrected chi connectivity index (χ2v) is 10.3. The maximum atomic E-state index is 12.4. The smallest absolute Gasteiger partial charge is 0.137 e. The first-order chi connectivity index (χ1) is 18.1. The standard InChI is InChI=1S/C24H30Cl2O.C9H14FN/c1-5-7-9-21(23-14-19(25)11-10-18(23)8-6-2)16(3)17(4)22-13-12-20(26)15-24(22)27;1-4-6-8(3)11-7-9(10)5-2/h10-15,17,27H,5-9H2,1-4H3;5-7H,4H2,1-3H3/b21-16+;8-6+,9-5+,11-7+. The van der Waals surface area contributed by atoms with Crippen molar-refractivity contribution in [3.05, 3.63) is 92.4 Å². The summed E-state index contributed by atoms with van der Waals surface area (Å²) in [6.45, 7) is 14.3. The van der Waals surface area contributed by atoms with Crippen LogP contribution in [0.25, 0.3) is 5.57 Å². The quantitative estimate of drug-likeness (QED) is 0.272. The summed E-state index contributed by atoms with van der Waals surface area (Å²) in [6.07, 6.45) is 10.9. The van der Waals surface area contributed by atoms with Gasteiger partial charge < -0.3 is 5.11 Å². The van der Waals surface area contributed by atoms with Gasteiger partial charge in [0, 0.05) is 27.2 Å². The molecule has 1 atom stereocenters. The summed E-state index contributed by atoms with van der Waals surface area (Å²) < 4.78 is 12.4. The number of aromatic hydroxyl groups is 1. The van der Waals surface area contributed by atoms with Crippen molar-refractivity contribution in [2.75, 3.05) is 0 Å². The molecule has 208 valence electrons. The Hall–Kier alpha value is -2.36. The minimum Gasteiger partial charge on any atom is -0.508 e. The van der Waals surface area contributed by atoms with Crippen molar-refractivity contribution < 1.29 is 9.50 Å². The van der Waals surface area contributed by atoms with Crippen molar-refractivity contribution >= 4 is 35.0 Å². The fourth-order valence-electron chi connectivity index (χ4n) is 4.18. The molecule has 0 bridgehead atoms. The molecule has 0 radical (unpaired) electrons. The number of aliphatic imine (C=N–C) groups is 1. The molecule has 2 nitrogen and oxygen atoms in total. The molecule has 1 N–H and O–H groups in total. The first-order valence-corrected chi connectivity index (χ1v) is 14.3. The van der Waals surface area contributed by atoms with E-state index >= 15 is 0 Å². The van der Waals surface area contributed by atoms with Crippen molar-refractivity contribution in [3.8, 4) is 5.75 Å². The van der Waals surface area contributed by atoms with Gasteiger partial charge in [0.2, 0.25) is 0 Å². The van der Waals surface area contributed by atoms with Crippen LogP contribution in [0.4, 0.5) is 4.39 Å². The molecule has 0 aliphatic rings. The Morgan fingerprint density at radius 2 is 1.68 bits per heavy atom. The zero-order valence-electron chi connectivity index (χ0n) is 24.0. The second kappa shape index (κ2) is 18.0. The third kappa shape index (κ3) is 11.2. The lowest BCUT2D eigenvalue weighted by atomic mass is 9.83. The number of hydrogen-bond acceptors (Lipinski definition) is 2. The zero-order chi connectivity index (χ0) is 28.7. The van der Waals surface area contributed by atoms with Crippen LogP contribution in [0.5, 0.6) is 5.75 Å². The lowest BCUT2D eigenvalue weighted by Crippen LogP contribution is -2.03. The van der Waals surface area contributed by atoms with Gasteiger partial charge in [0.05, 0.1) is 6.21 Å². The first-order valence-electron chi connectivity index (χ1n) is 13.6. The van der Waals surface area contributed by atoms with Crippen LogP contribution in [-0.2, 0) is 6.42 Å². The van der Waals surface area contributed by atoms with E-state index in [1.165, 1.54) is 34.6 Å². The molecule has 0 spiro atoms. The minimum atomic E-state index is -0.297. The van der Waals surface area contributed by atoms with Crippen LogP contribution >= 0.6 is 23.2 Å². The molecule has 0 aliphatic heterocycles. The van der Waals surface area contributed by atoms with Gasteiger partial charge in [0.15, 0.2) is 0 Å². The van der Waals surface area contributed by atoms with Crippen LogP contribution in [0.15, 0.2) is 70.6 Å². The highest BCUT2D eigenvalue weighted by atomic mass is 35.5. The molecule has 0 aliphatic carbocycles. The Kier molecular flexibility index (Phi) is 16.0. The molecule has 0 saturated carbocycles. The van der Waals surface area contributed by atoms with E-state index in [1.54, 1.807) is 13.0 Å². The van der Waals surface area contributed by atoms with E-state index in [2.05, 4.69) is 44.8 Å². The number of phenolic OH excluding ortho intramolecular Hbond substituents is 1. The Balaban J connectivity index is 0.000000554. The van der Waals surface area contributed by atoms with E-state index in [9.17, 15) is 9.50 Å². The molecular formula is C33H44Cl2FNO. The number of rotatable bonds is 11. The van der Waals surface area contributed by atoms with Gasteiger partial charge in [-0.15, -0.1) is 0 Å². The van der Waals surface area contributed by atoms with E-state index in [0.29, 0.717) is 5.02 Å². The molecule has 0 amide bonds. The van der Waals surface area contributed by atoms with E-state index in [1.807, 2.05) is 38.1 Å². The average molecular weight is 561 g/mol. The lowest BCUT2D eigenvalue weighted by molar-refractivity contribution is 0.466. The molecule has 0 fully saturated rings. The average Bonchev–Trinajstić information content (AvgIpc) is 2.89. The van der Waals surface area contributed by atoms with Crippen molar-refractivity contribution in [2.24, 2.45) is 4.99 Å². The Bertz CT molecular complexity index is 1150. The maximum Gasteiger partial charge on any atom is 0.137 e. The highest BCUT2D eigenvalue weighted by Gasteiger charge is 2.18. The summed E-state index contributed by atoms with van der Waals surface area (Å²) in [7, 11) is 0. The largest absolute Gasteiger partial charge is 0.508 e. The van der Waals surface area contributed by atoms with Crippen LogP contribution in [0.2, 0.25) is 10.0 Å². The molecule has 2 aromatic rings. The summed E-state index contributed by atoms with van der Waals surface area (Å²) in [4.78, 5) is 3.88. The molecule has 1 unspecified atom stereocenters. The van der Waals surface area contributed by atoms with Gasteiger partial charge in [-0.1, -0.05) is 93.6 Å². The van der Waals surface area contributed by atoms with Gasteiger partial charge >= 0.3 is 0 Å². The van der Waals surface area contributed by atoms with Crippen molar-refractivity contribution in [3.63, 3.8) is 0 Å². The number of benzene rings is 2. The van der Waals surface area contributed by atoms with Gasteiger partial charge in [0.1, 0.15) is 11.6 Å². The summed E-state index contributed by atoms with van der Waals surface area (Å²) in [5.74, 6) is 0.0560. The highest BCUT2D eigenvalue weighted by molar-refractivity contribution is 6.31. The van der Waals surface area contributed by atoms with Gasteiger partial charge in [-0.2, -0.15) is 0 Å². The molecular weight excluding hydrogens is 516 g/mol. The number of aryl methyl sites for hydroxylation is 1. The number of allylic oxidation sites excluding steroid dienone is 6. The number of phenols is 1. The first kappa shape index (κ1) is 33.7. The van der Waals surface area contributed by atoms with Crippen LogP contribution < -0.4 is 0 Å².